The highest BCUT2D eigenvalue weighted by molar-refractivity contribution is 7.15. The lowest BCUT2D eigenvalue weighted by Gasteiger charge is -2.14. The summed E-state index contributed by atoms with van der Waals surface area (Å²) in [5.74, 6) is 0.157. The third-order valence-electron chi connectivity index (χ3n) is 3.87. The number of pyridine rings is 1. The van der Waals surface area contributed by atoms with E-state index in [1.54, 1.807) is 12.3 Å². The minimum atomic E-state index is -0.271. The van der Waals surface area contributed by atoms with Crippen molar-refractivity contribution in [1.82, 2.24) is 14.9 Å². The highest BCUT2D eigenvalue weighted by Gasteiger charge is 2.23. The Labute approximate surface area is 138 Å². The number of amides is 1. The number of anilines is 1. The molecule has 2 aromatic rings. The second-order valence-corrected chi connectivity index (χ2v) is 7.03. The number of aromatic nitrogens is 2. The van der Waals surface area contributed by atoms with Crippen LogP contribution in [0, 0.1) is 11.7 Å². The van der Waals surface area contributed by atoms with Crippen molar-refractivity contribution >= 4 is 22.4 Å². The van der Waals surface area contributed by atoms with E-state index in [4.69, 9.17) is 0 Å². The molecule has 1 aliphatic heterocycles. The summed E-state index contributed by atoms with van der Waals surface area (Å²) in [7, 11) is 0. The third-order valence-corrected chi connectivity index (χ3v) is 4.77. The number of halogens is 1. The van der Waals surface area contributed by atoms with Gasteiger partial charge in [0.1, 0.15) is 5.82 Å². The normalized spacial score (nSPS) is 18.3. The van der Waals surface area contributed by atoms with Gasteiger partial charge in [0.25, 0.3) is 0 Å². The molecule has 1 saturated heterocycles. The first-order valence-electron chi connectivity index (χ1n) is 7.62. The number of nitrogens with zero attached hydrogens (tertiary/aromatic N) is 3. The Balaban J connectivity index is 1.51. The molecule has 1 atom stereocenters. The van der Waals surface area contributed by atoms with Crippen LogP contribution in [-0.2, 0) is 17.8 Å². The first-order valence-corrected chi connectivity index (χ1v) is 8.44. The number of carbonyl (C=O) groups excluding carboxylic acids is 1. The molecule has 7 heteroatoms. The van der Waals surface area contributed by atoms with E-state index < -0.39 is 0 Å². The zero-order chi connectivity index (χ0) is 16.2. The Kier molecular flexibility index (Phi) is 4.97. The summed E-state index contributed by atoms with van der Waals surface area (Å²) >= 11 is 1.51. The lowest BCUT2D eigenvalue weighted by Crippen LogP contribution is -2.20. The Hall–Kier alpha value is -1.86. The molecule has 0 radical (unpaired) electrons. The highest BCUT2D eigenvalue weighted by atomic mass is 32.1. The van der Waals surface area contributed by atoms with Gasteiger partial charge in [-0.3, -0.25) is 14.7 Å². The maximum absolute atomic E-state index is 13.2. The van der Waals surface area contributed by atoms with Crippen molar-refractivity contribution in [2.24, 2.45) is 5.92 Å². The first-order chi connectivity index (χ1) is 11.1. The Bertz CT molecular complexity index is 690. The molecule has 1 aliphatic rings. The van der Waals surface area contributed by atoms with Crippen LogP contribution in [0.5, 0.6) is 0 Å². The quantitative estimate of drug-likeness (QED) is 0.913. The summed E-state index contributed by atoms with van der Waals surface area (Å²) in [5, 5.41) is 3.35. The van der Waals surface area contributed by atoms with Gasteiger partial charge >= 0.3 is 0 Å². The molecular formula is C16H19FN4OS. The highest BCUT2D eigenvalue weighted by Crippen LogP contribution is 2.25. The summed E-state index contributed by atoms with van der Waals surface area (Å²) < 4.78 is 13.2. The molecule has 23 heavy (non-hydrogen) atoms. The summed E-state index contributed by atoms with van der Waals surface area (Å²) in [5.41, 5.74) is 0.961. The fourth-order valence-corrected chi connectivity index (χ4v) is 3.83. The van der Waals surface area contributed by atoms with Crippen LogP contribution in [-0.4, -0.2) is 33.9 Å². The van der Waals surface area contributed by atoms with E-state index in [1.807, 2.05) is 6.20 Å². The van der Waals surface area contributed by atoms with Crippen LogP contribution >= 0.6 is 11.3 Å². The van der Waals surface area contributed by atoms with E-state index in [9.17, 15) is 9.18 Å². The van der Waals surface area contributed by atoms with Gasteiger partial charge in [-0.25, -0.2) is 9.37 Å². The molecule has 0 aromatic carbocycles. The smallest absolute Gasteiger partial charge is 0.223 e. The molecule has 3 rings (SSSR count). The molecule has 0 saturated carbocycles. The van der Waals surface area contributed by atoms with Crippen molar-refractivity contribution in [2.45, 2.75) is 26.3 Å². The van der Waals surface area contributed by atoms with Crippen molar-refractivity contribution in [3.63, 3.8) is 0 Å². The van der Waals surface area contributed by atoms with E-state index in [0.717, 1.165) is 42.9 Å². The fraction of sp³-hybridized carbons (Fsp3) is 0.438. The van der Waals surface area contributed by atoms with Gasteiger partial charge in [-0.15, -0.1) is 11.3 Å². The number of nitrogens with one attached hydrogen (secondary N) is 1. The number of hydrogen-bond acceptors (Lipinski definition) is 5. The SMILES string of the molecule is CC(=O)Nc1ncc(CN2CC[C@H](Cc3cncc(F)c3)C2)s1. The predicted molar refractivity (Wildman–Crippen MR) is 87.7 cm³/mol. The summed E-state index contributed by atoms with van der Waals surface area (Å²) in [6.07, 6.45) is 6.77. The van der Waals surface area contributed by atoms with Crippen molar-refractivity contribution < 1.29 is 9.18 Å². The Morgan fingerprint density at radius 2 is 2.35 bits per heavy atom. The minimum absolute atomic E-state index is 0.101. The molecule has 3 heterocycles. The molecule has 0 aliphatic carbocycles. The molecule has 122 valence electrons. The first kappa shape index (κ1) is 16.0. The van der Waals surface area contributed by atoms with Crippen LogP contribution < -0.4 is 5.32 Å². The largest absolute Gasteiger partial charge is 0.302 e. The minimum Gasteiger partial charge on any atom is -0.302 e. The van der Waals surface area contributed by atoms with E-state index in [2.05, 4.69) is 20.2 Å². The van der Waals surface area contributed by atoms with E-state index in [1.165, 1.54) is 24.5 Å². The van der Waals surface area contributed by atoms with Crippen LogP contribution in [0.1, 0.15) is 23.8 Å². The van der Waals surface area contributed by atoms with Crippen molar-refractivity contribution in [2.75, 3.05) is 18.4 Å². The monoisotopic (exact) mass is 334 g/mol. The molecule has 0 spiro atoms. The maximum Gasteiger partial charge on any atom is 0.223 e. The van der Waals surface area contributed by atoms with Gasteiger partial charge in [0.15, 0.2) is 5.13 Å². The van der Waals surface area contributed by atoms with Gasteiger partial charge in [-0.2, -0.15) is 0 Å². The molecule has 1 fully saturated rings. The number of likely N-dealkylation sites (tertiary alicyclic amines) is 1. The summed E-state index contributed by atoms with van der Waals surface area (Å²) in [4.78, 5) is 22.7. The van der Waals surface area contributed by atoms with E-state index >= 15 is 0 Å². The average molecular weight is 334 g/mol. The number of hydrogen-bond donors (Lipinski definition) is 1. The zero-order valence-electron chi connectivity index (χ0n) is 13.0. The van der Waals surface area contributed by atoms with E-state index in [-0.39, 0.29) is 11.7 Å². The summed E-state index contributed by atoms with van der Waals surface area (Å²) in [6, 6.07) is 1.57. The van der Waals surface area contributed by atoms with Gasteiger partial charge in [0.2, 0.25) is 5.91 Å². The van der Waals surface area contributed by atoms with Gasteiger partial charge in [0, 0.05) is 37.3 Å². The van der Waals surface area contributed by atoms with Crippen LogP contribution in [0.4, 0.5) is 9.52 Å². The predicted octanol–water partition coefficient (Wildman–Crippen LogP) is 2.70. The fourth-order valence-electron chi connectivity index (χ4n) is 2.93. The van der Waals surface area contributed by atoms with Gasteiger partial charge in [0.05, 0.1) is 6.20 Å². The zero-order valence-corrected chi connectivity index (χ0v) is 13.8. The van der Waals surface area contributed by atoms with Crippen LogP contribution in [0.2, 0.25) is 0 Å². The van der Waals surface area contributed by atoms with Crippen molar-refractivity contribution in [3.8, 4) is 0 Å². The maximum atomic E-state index is 13.2. The number of carbonyl (C=O) groups is 1. The molecule has 5 nitrogen and oxygen atoms in total. The van der Waals surface area contributed by atoms with Crippen molar-refractivity contribution in [3.05, 3.63) is 40.9 Å². The second-order valence-electron chi connectivity index (χ2n) is 5.92. The lowest BCUT2D eigenvalue weighted by molar-refractivity contribution is -0.114. The number of rotatable bonds is 5. The Morgan fingerprint density at radius 1 is 1.48 bits per heavy atom. The molecule has 1 amide bonds. The van der Waals surface area contributed by atoms with Gasteiger partial charge in [-0.05, 0) is 36.9 Å². The average Bonchev–Trinajstić information content (AvgIpc) is 3.09. The van der Waals surface area contributed by atoms with Gasteiger partial charge in [-0.1, -0.05) is 0 Å². The summed E-state index contributed by atoms with van der Waals surface area (Å²) in [6.45, 7) is 4.34. The molecule has 0 bridgehead atoms. The van der Waals surface area contributed by atoms with Crippen LogP contribution in [0.3, 0.4) is 0 Å². The van der Waals surface area contributed by atoms with Gasteiger partial charge < -0.3 is 5.32 Å². The molecule has 1 N–H and O–H groups in total. The standard InChI is InChI=1S/C16H19FN4OS/c1-11(22)20-16-19-8-15(23-16)10-21-3-2-12(9-21)4-13-5-14(17)7-18-6-13/h5-8,12H,2-4,9-10H2,1H3,(H,19,20,22)/t12-/m1/s1. The Morgan fingerprint density at radius 3 is 3.13 bits per heavy atom. The lowest BCUT2D eigenvalue weighted by atomic mass is 10.00. The molecule has 0 unspecified atom stereocenters. The molecular weight excluding hydrogens is 315 g/mol. The second kappa shape index (κ2) is 7.14. The third kappa shape index (κ3) is 4.56. The molecule has 2 aromatic heterocycles. The topological polar surface area (TPSA) is 58.1 Å². The van der Waals surface area contributed by atoms with Crippen LogP contribution in [0.25, 0.3) is 0 Å². The van der Waals surface area contributed by atoms with Crippen LogP contribution in [0.15, 0.2) is 24.7 Å². The number of thiazole rings is 1. The van der Waals surface area contributed by atoms with E-state index in [0.29, 0.717) is 11.0 Å². The van der Waals surface area contributed by atoms with Crippen molar-refractivity contribution in [1.29, 1.82) is 0 Å².